The van der Waals surface area contributed by atoms with Crippen molar-refractivity contribution in [2.24, 2.45) is 5.84 Å². The van der Waals surface area contributed by atoms with Crippen LogP contribution < -0.4 is 11.5 Å². The Labute approximate surface area is 97.2 Å². The van der Waals surface area contributed by atoms with Gasteiger partial charge in [-0.3, -0.25) is 15.4 Å². The van der Waals surface area contributed by atoms with Crippen LogP contribution in [0.4, 0.5) is 0 Å². The summed E-state index contributed by atoms with van der Waals surface area (Å²) >= 11 is 0. The lowest BCUT2D eigenvalue weighted by atomic mass is 10.1. The van der Waals surface area contributed by atoms with Crippen molar-refractivity contribution in [1.29, 1.82) is 0 Å². The predicted molar refractivity (Wildman–Crippen MR) is 62.2 cm³/mol. The van der Waals surface area contributed by atoms with E-state index in [0.717, 1.165) is 25.9 Å². The van der Waals surface area contributed by atoms with Crippen LogP contribution in [0.5, 0.6) is 0 Å². The summed E-state index contributed by atoms with van der Waals surface area (Å²) in [6.07, 6.45) is 4.90. The van der Waals surface area contributed by atoms with Crippen molar-refractivity contribution in [2.45, 2.75) is 18.9 Å². The number of hydrazine groups is 1. The molecule has 17 heavy (non-hydrogen) atoms. The highest BCUT2D eigenvalue weighted by atomic mass is 16.1. The fraction of sp³-hybridized carbons (Fsp3) is 0.500. The Kier molecular flexibility index (Phi) is 2.41. The van der Waals surface area contributed by atoms with E-state index in [-0.39, 0.29) is 11.7 Å². The zero-order valence-electron chi connectivity index (χ0n) is 9.33. The van der Waals surface area contributed by atoms with Gasteiger partial charge in [0, 0.05) is 31.5 Å². The van der Waals surface area contributed by atoms with Gasteiger partial charge in [0.2, 0.25) is 0 Å². The number of aromatic amines is 1. The normalized spacial score (nSPS) is 18.9. The number of nitrogens with one attached hydrogen (secondary N) is 1. The monoisotopic (exact) mass is 234 g/mol. The van der Waals surface area contributed by atoms with Crippen molar-refractivity contribution in [3.8, 4) is 0 Å². The van der Waals surface area contributed by atoms with Crippen molar-refractivity contribution < 1.29 is 0 Å². The number of nitrogens with two attached hydrogens (primary N) is 1. The van der Waals surface area contributed by atoms with Crippen LogP contribution >= 0.6 is 0 Å². The Morgan fingerprint density at radius 1 is 1.29 bits per heavy atom. The summed E-state index contributed by atoms with van der Waals surface area (Å²) in [4.78, 5) is 22.9. The topological polar surface area (TPSA) is 92.8 Å². The van der Waals surface area contributed by atoms with Crippen LogP contribution in [-0.2, 0) is 0 Å². The number of H-pyrrole nitrogens is 1. The molecule has 0 bridgehead atoms. The highest BCUT2D eigenvalue weighted by molar-refractivity contribution is 5.64. The minimum Gasteiger partial charge on any atom is -0.289 e. The van der Waals surface area contributed by atoms with Gasteiger partial charge in [-0.1, -0.05) is 0 Å². The standard InChI is InChI=1S/C10H14N6O/c11-15-5-1-7(2-6-15)16-9-8(14-10(16)17)12-3-4-13-9/h3-4,7H,1-2,5-6,11H2,(H,12,14,17). The molecule has 0 unspecified atom stereocenters. The maximum absolute atomic E-state index is 11.9. The molecular weight excluding hydrogens is 220 g/mol. The van der Waals surface area contributed by atoms with E-state index in [2.05, 4.69) is 15.0 Å². The maximum atomic E-state index is 11.9. The zero-order chi connectivity index (χ0) is 11.8. The Bertz CT molecular complexity index is 580. The van der Waals surface area contributed by atoms with E-state index in [1.807, 2.05) is 0 Å². The Balaban J connectivity index is 2.05. The highest BCUT2D eigenvalue weighted by Gasteiger charge is 2.22. The summed E-state index contributed by atoms with van der Waals surface area (Å²) in [7, 11) is 0. The van der Waals surface area contributed by atoms with E-state index in [1.54, 1.807) is 22.0 Å². The lowest BCUT2D eigenvalue weighted by Gasteiger charge is -2.28. The lowest BCUT2D eigenvalue weighted by molar-refractivity contribution is 0.190. The number of rotatable bonds is 1. The molecule has 0 aliphatic carbocycles. The maximum Gasteiger partial charge on any atom is 0.329 e. The largest absolute Gasteiger partial charge is 0.329 e. The van der Waals surface area contributed by atoms with Gasteiger partial charge in [0.1, 0.15) is 0 Å². The van der Waals surface area contributed by atoms with E-state index in [0.29, 0.717) is 11.3 Å². The van der Waals surface area contributed by atoms with E-state index in [4.69, 9.17) is 5.84 Å². The molecule has 0 aromatic carbocycles. The van der Waals surface area contributed by atoms with Crippen molar-refractivity contribution in [2.75, 3.05) is 13.1 Å². The number of fused-ring (bicyclic) bond motifs is 1. The predicted octanol–water partition coefficient (Wildman–Crippen LogP) is -0.370. The molecule has 1 aliphatic rings. The second-order valence-corrected chi connectivity index (χ2v) is 4.30. The number of piperidine rings is 1. The highest BCUT2D eigenvalue weighted by Crippen LogP contribution is 2.21. The molecule has 0 atom stereocenters. The molecule has 0 saturated carbocycles. The lowest BCUT2D eigenvalue weighted by Crippen LogP contribution is -2.40. The molecule has 3 rings (SSSR count). The van der Waals surface area contributed by atoms with Gasteiger partial charge in [0.15, 0.2) is 11.3 Å². The first-order chi connectivity index (χ1) is 8.25. The third kappa shape index (κ3) is 1.73. The third-order valence-corrected chi connectivity index (χ3v) is 3.22. The number of imidazole rings is 1. The second-order valence-electron chi connectivity index (χ2n) is 4.30. The third-order valence-electron chi connectivity index (χ3n) is 3.22. The van der Waals surface area contributed by atoms with Crippen molar-refractivity contribution in [3.05, 3.63) is 22.9 Å². The summed E-state index contributed by atoms with van der Waals surface area (Å²) in [6, 6.07) is 0.160. The molecule has 2 aromatic heterocycles. The van der Waals surface area contributed by atoms with Gasteiger partial charge in [-0.2, -0.15) is 0 Å². The van der Waals surface area contributed by atoms with Crippen LogP contribution in [0.15, 0.2) is 17.2 Å². The fourth-order valence-electron chi connectivity index (χ4n) is 2.34. The van der Waals surface area contributed by atoms with Crippen LogP contribution in [0.25, 0.3) is 11.3 Å². The SMILES string of the molecule is NN1CCC(n2c(=O)[nH]c3nccnc32)CC1. The molecule has 3 heterocycles. The van der Waals surface area contributed by atoms with Crippen LogP contribution in [0.3, 0.4) is 0 Å². The summed E-state index contributed by atoms with van der Waals surface area (Å²) in [5, 5.41) is 1.78. The first-order valence-electron chi connectivity index (χ1n) is 5.66. The van der Waals surface area contributed by atoms with Gasteiger partial charge in [-0.05, 0) is 12.8 Å². The zero-order valence-corrected chi connectivity index (χ0v) is 9.33. The fourth-order valence-corrected chi connectivity index (χ4v) is 2.34. The molecule has 3 N–H and O–H groups in total. The van der Waals surface area contributed by atoms with Crippen LogP contribution in [-0.4, -0.2) is 37.6 Å². The van der Waals surface area contributed by atoms with Crippen LogP contribution in [0.1, 0.15) is 18.9 Å². The Hall–Kier alpha value is -1.73. The van der Waals surface area contributed by atoms with Gasteiger partial charge in [-0.25, -0.2) is 19.8 Å². The van der Waals surface area contributed by atoms with Gasteiger partial charge in [-0.15, -0.1) is 0 Å². The minimum absolute atomic E-state index is 0.137. The van der Waals surface area contributed by atoms with Crippen molar-refractivity contribution in [3.63, 3.8) is 0 Å². The Morgan fingerprint density at radius 3 is 2.76 bits per heavy atom. The summed E-state index contributed by atoms with van der Waals surface area (Å²) in [5.74, 6) is 5.71. The molecule has 2 aromatic rings. The van der Waals surface area contributed by atoms with E-state index in [1.165, 1.54) is 0 Å². The molecule has 1 aliphatic heterocycles. The second kappa shape index (κ2) is 3.94. The summed E-state index contributed by atoms with van der Waals surface area (Å²) < 4.78 is 1.70. The van der Waals surface area contributed by atoms with E-state index < -0.39 is 0 Å². The molecule has 0 amide bonds. The molecule has 1 saturated heterocycles. The quantitative estimate of drug-likeness (QED) is 0.657. The molecule has 90 valence electrons. The smallest absolute Gasteiger partial charge is 0.289 e. The summed E-state index contributed by atoms with van der Waals surface area (Å²) in [5.41, 5.74) is 1.04. The molecule has 0 spiro atoms. The summed E-state index contributed by atoms with van der Waals surface area (Å²) in [6.45, 7) is 1.59. The molecule has 0 radical (unpaired) electrons. The van der Waals surface area contributed by atoms with Gasteiger partial charge < -0.3 is 0 Å². The van der Waals surface area contributed by atoms with Gasteiger partial charge in [0.05, 0.1) is 0 Å². The van der Waals surface area contributed by atoms with E-state index >= 15 is 0 Å². The molecule has 1 fully saturated rings. The first kappa shape index (κ1) is 10.4. The molecular formula is C10H14N6O. The van der Waals surface area contributed by atoms with Crippen LogP contribution in [0.2, 0.25) is 0 Å². The van der Waals surface area contributed by atoms with Gasteiger partial charge in [0.25, 0.3) is 0 Å². The van der Waals surface area contributed by atoms with Crippen molar-refractivity contribution >= 4 is 11.3 Å². The van der Waals surface area contributed by atoms with Crippen molar-refractivity contribution in [1.82, 2.24) is 24.5 Å². The van der Waals surface area contributed by atoms with E-state index in [9.17, 15) is 4.79 Å². The minimum atomic E-state index is -0.137. The van der Waals surface area contributed by atoms with Crippen LogP contribution in [0, 0.1) is 0 Å². The molecule has 7 heteroatoms. The van der Waals surface area contributed by atoms with Gasteiger partial charge >= 0.3 is 5.69 Å². The Morgan fingerprint density at radius 2 is 2.00 bits per heavy atom. The first-order valence-corrected chi connectivity index (χ1v) is 5.66. The average molecular weight is 234 g/mol. The average Bonchev–Trinajstić information content (AvgIpc) is 2.66. The molecule has 7 nitrogen and oxygen atoms in total. The number of nitrogens with zero attached hydrogens (tertiary/aromatic N) is 4. The number of aromatic nitrogens is 4. The number of hydrogen-bond donors (Lipinski definition) is 2. The number of hydrogen-bond acceptors (Lipinski definition) is 5.